The van der Waals surface area contributed by atoms with Crippen LogP contribution in [0.2, 0.25) is 0 Å². The van der Waals surface area contributed by atoms with Gasteiger partial charge in [0, 0.05) is 31.6 Å². The Hall–Kier alpha value is -1.35. The Morgan fingerprint density at radius 1 is 1.16 bits per heavy atom. The summed E-state index contributed by atoms with van der Waals surface area (Å²) in [5.41, 5.74) is 2.87. The summed E-state index contributed by atoms with van der Waals surface area (Å²) in [7, 11) is 0. The summed E-state index contributed by atoms with van der Waals surface area (Å²) in [5.74, 6) is 0.412. The number of rotatable bonds is 2. The van der Waals surface area contributed by atoms with Gasteiger partial charge in [0.05, 0.1) is 5.41 Å². The van der Waals surface area contributed by atoms with E-state index < -0.39 is 0 Å². The van der Waals surface area contributed by atoms with Crippen LogP contribution in [0.1, 0.15) is 24.0 Å². The second-order valence-electron chi connectivity index (χ2n) is 6.43. The van der Waals surface area contributed by atoms with Crippen LogP contribution in [0.15, 0.2) is 24.3 Å². The fourth-order valence-electron chi connectivity index (χ4n) is 3.77. The van der Waals surface area contributed by atoms with Gasteiger partial charge in [0.2, 0.25) is 5.91 Å². The first-order chi connectivity index (χ1) is 9.18. The lowest BCUT2D eigenvalue weighted by molar-refractivity contribution is -0.135. The van der Waals surface area contributed by atoms with Gasteiger partial charge in [-0.05, 0) is 25.3 Å². The Morgan fingerprint density at radius 2 is 1.79 bits per heavy atom. The molecule has 1 heterocycles. The number of aryl methyl sites for hydroxylation is 1. The summed E-state index contributed by atoms with van der Waals surface area (Å²) in [6.45, 7) is 5.76. The lowest BCUT2D eigenvalue weighted by Gasteiger charge is -2.28. The Morgan fingerprint density at radius 3 is 2.42 bits per heavy atom. The van der Waals surface area contributed by atoms with E-state index in [1.165, 1.54) is 11.1 Å². The molecule has 1 N–H and O–H groups in total. The van der Waals surface area contributed by atoms with E-state index in [4.69, 9.17) is 0 Å². The molecule has 1 saturated heterocycles. The number of amides is 1. The first-order valence-corrected chi connectivity index (χ1v) is 7.25. The molecule has 4 rings (SSSR count). The number of carbonyl (C=O) groups is 1. The van der Waals surface area contributed by atoms with Gasteiger partial charge in [-0.25, -0.2) is 0 Å². The van der Waals surface area contributed by atoms with Crippen molar-refractivity contribution in [1.29, 1.82) is 0 Å². The van der Waals surface area contributed by atoms with Crippen molar-refractivity contribution < 1.29 is 4.79 Å². The van der Waals surface area contributed by atoms with E-state index in [1.807, 2.05) is 0 Å². The number of nitrogens with zero attached hydrogens (tertiary/aromatic N) is 1. The molecule has 1 aromatic rings. The first-order valence-electron chi connectivity index (χ1n) is 7.25. The zero-order valence-electron chi connectivity index (χ0n) is 11.4. The smallest absolute Gasteiger partial charge is 0.229 e. The Labute approximate surface area is 114 Å². The van der Waals surface area contributed by atoms with Crippen molar-refractivity contribution >= 4 is 5.91 Å². The van der Waals surface area contributed by atoms with E-state index in [0.29, 0.717) is 5.91 Å². The summed E-state index contributed by atoms with van der Waals surface area (Å²) >= 11 is 0. The van der Waals surface area contributed by atoms with Crippen molar-refractivity contribution in [2.75, 3.05) is 26.2 Å². The minimum atomic E-state index is -0.0143. The van der Waals surface area contributed by atoms with Gasteiger partial charge in [-0.2, -0.15) is 0 Å². The van der Waals surface area contributed by atoms with Gasteiger partial charge in [-0.15, -0.1) is 0 Å². The Kier molecular flexibility index (Phi) is 2.17. The van der Waals surface area contributed by atoms with Gasteiger partial charge in [0.1, 0.15) is 0 Å². The van der Waals surface area contributed by atoms with E-state index in [9.17, 15) is 4.79 Å². The molecule has 100 valence electrons. The van der Waals surface area contributed by atoms with Crippen molar-refractivity contribution in [3.63, 3.8) is 0 Å². The van der Waals surface area contributed by atoms with Crippen LogP contribution < -0.4 is 5.32 Å². The second kappa shape index (κ2) is 3.60. The number of nitrogens with one attached hydrogen (secondary N) is 1. The SMILES string of the molecule is Cc1ccc(C23CC2(C(=O)N2CCNCC2)C3)cc1. The molecule has 1 aromatic carbocycles. The van der Waals surface area contributed by atoms with Gasteiger partial charge < -0.3 is 10.2 Å². The van der Waals surface area contributed by atoms with Gasteiger partial charge >= 0.3 is 0 Å². The van der Waals surface area contributed by atoms with Crippen molar-refractivity contribution in [3.8, 4) is 0 Å². The number of piperazine rings is 1. The molecule has 0 atom stereocenters. The van der Waals surface area contributed by atoms with Crippen LogP contribution in [-0.2, 0) is 10.2 Å². The van der Waals surface area contributed by atoms with Gasteiger partial charge in [0.25, 0.3) is 0 Å². The van der Waals surface area contributed by atoms with E-state index in [2.05, 4.69) is 41.4 Å². The quantitative estimate of drug-likeness (QED) is 0.869. The number of hydrogen-bond acceptors (Lipinski definition) is 2. The highest BCUT2D eigenvalue weighted by Crippen LogP contribution is 2.86. The Balaban J connectivity index is 1.53. The van der Waals surface area contributed by atoms with Gasteiger partial charge in [-0.3, -0.25) is 4.79 Å². The minimum absolute atomic E-state index is 0.0143. The van der Waals surface area contributed by atoms with Crippen molar-refractivity contribution in [2.45, 2.75) is 25.2 Å². The molecule has 0 radical (unpaired) electrons. The molecule has 2 aliphatic carbocycles. The zero-order chi connectivity index (χ0) is 13.1. The highest BCUT2D eigenvalue weighted by molar-refractivity contribution is 5.94. The van der Waals surface area contributed by atoms with Crippen LogP contribution in [0, 0.1) is 12.3 Å². The maximum absolute atomic E-state index is 12.7. The predicted molar refractivity (Wildman–Crippen MR) is 74.0 cm³/mol. The molecule has 1 aliphatic heterocycles. The summed E-state index contributed by atoms with van der Waals surface area (Å²) in [6, 6.07) is 8.77. The topological polar surface area (TPSA) is 32.3 Å². The van der Waals surface area contributed by atoms with E-state index in [-0.39, 0.29) is 10.8 Å². The lowest BCUT2D eigenvalue weighted by atomic mass is 10.0. The molecular weight excluding hydrogens is 236 g/mol. The van der Waals surface area contributed by atoms with E-state index in [1.54, 1.807) is 0 Å². The molecule has 0 aromatic heterocycles. The normalized spacial score (nSPS) is 35.7. The number of hydrogen-bond donors (Lipinski definition) is 1. The fraction of sp³-hybridized carbons (Fsp3) is 0.562. The summed E-state index contributed by atoms with van der Waals surface area (Å²) in [5, 5.41) is 3.31. The highest BCUT2D eigenvalue weighted by atomic mass is 16.2. The van der Waals surface area contributed by atoms with Crippen molar-refractivity contribution in [3.05, 3.63) is 35.4 Å². The highest BCUT2D eigenvalue weighted by Gasteiger charge is 2.87. The van der Waals surface area contributed by atoms with Crippen molar-refractivity contribution in [1.82, 2.24) is 10.2 Å². The van der Waals surface area contributed by atoms with Crippen LogP contribution in [0.5, 0.6) is 0 Å². The molecule has 3 nitrogen and oxygen atoms in total. The van der Waals surface area contributed by atoms with E-state index >= 15 is 0 Å². The number of carbonyl (C=O) groups excluding carboxylic acids is 1. The first kappa shape index (κ1) is 11.5. The number of fused-ring (bicyclic) bond motifs is 1. The third-order valence-corrected chi connectivity index (χ3v) is 5.29. The summed E-state index contributed by atoms with van der Waals surface area (Å²) in [4.78, 5) is 14.7. The van der Waals surface area contributed by atoms with Gasteiger partial charge in [-0.1, -0.05) is 29.8 Å². The fourth-order valence-corrected chi connectivity index (χ4v) is 3.77. The summed E-state index contributed by atoms with van der Waals surface area (Å²) in [6.07, 6.45) is 2.15. The molecule has 19 heavy (non-hydrogen) atoms. The predicted octanol–water partition coefficient (Wildman–Crippen LogP) is 1.46. The molecule has 0 spiro atoms. The molecule has 0 bridgehead atoms. The Bertz CT molecular complexity index is 522. The third-order valence-electron chi connectivity index (χ3n) is 5.29. The number of benzene rings is 1. The van der Waals surface area contributed by atoms with E-state index in [0.717, 1.165) is 39.0 Å². The average molecular weight is 256 g/mol. The average Bonchev–Trinajstić information content (AvgIpc) is 3.27. The molecule has 0 unspecified atom stereocenters. The molecule has 1 amide bonds. The van der Waals surface area contributed by atoms with Crippen molar-refractivity contribution in [2.24, 2.45) is 5.41 Å². The zero-order valence-corrected chi connectivity index (χ0v) is 11.4. The maximum atomic E-state index is 12.7. The lowest BCUT2D eigenvalue weighted by Crippen LogP contribution is -2.47. The minimum Gasteiger partial charge on any atom is -0.340 e. The summed E-state index contributed by atoms with van der Waals surface area (Å²) < 4.78 is 0. The maximum Gasteiger partial charge on any atom is 0.229 e. The third kappa shape index (κ3) is 1.45. The van der Waals surface area contributed by atoms with Gasteiger partial charge in [0.15, 0.2) is 0 Å². The second-order valence-corrected chi connectivity index (χ2v) is 6.43. The van der Waals surface area contributed by atoms with Crippen LogP contribution in [0.4, 0.5) is 0 Å². The molecule has 3 aliphatic rings. The largest absolute Gasteiger partial charge is 0.340 e. The van der Waals surface area contributed by atoms with Crippen LogP contribution in [0.3, 0.4) is 0 Å². The molecular formula is C16H20N2O. The molecule has 3 fully saturated rings. The van der Waals surface area contributed by atoms with Crippen LogP contribution in [0.25, 0.3) is 0 Å². The monoisotopic (exact) mass is 256 g/mol. The standard InChI is InChI=1S/C16H20N2O/c1-12-2-4-13(5-3-12)15-10-16(15,11-15)14(19)18-8-6-17-7-9-18/h2-5,17H,6-11H2,1H3. The molecule has 3 heteroatoms. The van der Waals surface area contributed by atoms with Crippen LogP contribution in [-0.4, -0.2) is 37.0 Å². The van der Waals surface area contributed by atoms with Crippen LogP contribution >= 0.6 is 0 Å². The molecule has 2 saturated carbocycles.